The predicted molar refractivity (Wildman–Crippen MR) is 86.3 cm³/mol. The second-order valence-electron chi connectivity index (χ2n) is 5.84. The molecule has 1 aliphatic rings. The number of amides is 2. The van der Waals surface area contributed by atoms with E-state index in [0.29, 0.717) is 5.69 Å². The maximum absolute atomic E-state index is 13.1. The van der Waals surface area contributed by atoms with Gasteiger partial charge in [-0.3, -0.25) is 14.9 Å². The lowest BCUT2D eigenvalue weighted by atomic mass is 10.1. The molecule has 1 fully saturated rings. The number of alkyl halides is 2. The number of halogens is 2. The van der Waals surface area contributed by atoms with Crippen molar-refractivity contribution in [1.82, 2.24) is 10.6 Å². The van der Waals surface area contributed by atoms with E-state index in [2.05, 4.69) is 16.0 Å². The fourth-order valence-corrected chi connectivity index (χ4v) is 2.52. The minimum atomic E-state index is -2.84. The summed E-state index contributed by atoms with van der Waals surface area (Å²) in [5.41, 5.74) is 1.36. The maximum Gasteiger partial charge on any atom is 0.291 e. The van der Waals surface area contributed by atoms with E-state index in [1.165, 1.54) is 6.26 Å². The van der Waals surface area contributed by atoms with Crippen molar-refractivity contribution in [1.29, 1.82) is 0 Å². The third-order valence-electron chi connectivity index (χ3n) is 3.85. The number of furan rings is 1. The highest BCUT2D eigenvalue weighted by molar-refractivity contribution is 6.02. The highest BCUT2D eigenvalue weighted by Crippen LogP contribution is 2.25. The smallest absolute Gasteiger partial charge is 0.291 e. The molecule has 3 N–H and O–H groups in total. The maximum atomic E-state index is 13.1. The van der Waals surface area contributed by atoms with E-state index in [-0.39, 0.29) is 18.2 Å². The molecule has 2 heterocycles. The first kappa shape index (κ1) is 17.1. The monoisotopic (exact) mass is 349 g/mol. The first-order valence-electron chi connectivity index (χ1n) is 7.76. The molecule has 1 aromatic heterocycles. The molecule has 132 valence electrons. The molecule has 3 rings (SSSR count). The largest absolute Gasteiger partial charge is 0.459 e. The quantitative estimate of drug-likeness (QED) is 0.772. The van der Waals surface area contributed by atoms with Gasteiger partial charge in [0.25, 0.3) is 11.8 Å². The Morgan fingerprint density at radius 1 is 1.24 bits per heavy atom. The van der Waals surface area contributed by atoms with E-state index in [0.717, 1.165) is 5.56 Å². The molecule has 1 unspecified atom stereocenters. The summed E-state index contributed by atoms with van der Waals surface area (Å²) in [6.45, 7) is -0.260. The molecular formula is C17H17F2N3O3. The predicted octanol–water partition coefficient (Wildman–Crippen LogP) is 2.15. The number of hydrogen-bond acceptors (Lipinski definition) is 4. The van der Waals surface area contributed by atoms with Gasteiger partial charge in [-0.05, 0) is 29.8 Å². The average molecular weight is 349 g/mol. The summed E-state index contributed by atoms with van der Waals surface area (Å²) >= 11 is 0. The lowest BCUT2D eigenvalue weighted by Crippen LogP contribution is -2.40. The highest BCUT2D eigenvalue weighted by Gasteiger charge is 2.42. The number of hydrogen-bond donors (Lipinski definition) is 3. The zero-order chi connectivity index (χ0) is 17.9. The summed E-state index contributed by atoms with van der Waals surface area (Å²) in [5.74, 6) is -3.44. The summed E-state index contributed by atoms with van der Waals surface area (Å²) in [5, 5.41) is 7.81. The summed E-state index contributed by atoms with van der Waals surface area (Å²) in [6.07, 6.45) is 0.923. The van der Waals surface area contributed by atoms with Crippen molar-refractivity contribution in [2.45, 2.75) is 24.9 Å². The van der Waals surface area contributed by atoms with Crippen LogP contribution in [-0.2, 0) is 11.3 Å². The summed E-state index contributed by atoms with van der Waals surface area (Å²) < 4.78 is 31.2. The van der Waals surface area contributed by atoms with Crippen LogP contribution in [0.4, 0.5) is 14.5 Å². The van der Waals surface area contributed by atoms with Crippen LogP contribution in [-0.4, -0.2) is 30.3 Å². The first-order chi connectivity index (χ1) is 11.9. The van der Waals surface area contributed by atoms with Crippen LogP contribution >= 0.6 is 0 Å². The lowest BCUT2D eigenvalue weighted by Gasteiger charge is -2.11. The molecule has 6 nitrogen and oxygen atoms in total. The van der Waals surface area contributed by atoms with Crippen LogP contribution in [0, 0.1) is 0 Å². The van der Waals surface area contributed by atoms with Crippen molar-refractivity contribution < 1.29 is 22.8 Å². The van der Waals surface area contributed by atoms with Gasteiger partial charge in [-0.25, -0.2) is 8.78 Å². The van der Waals surface area contributed by atoms with Gasteiger partial charge >= 0.3 is 0 Å². The van der Waals surface area contributed by atoms with Gasteiger partial charge in [0, 0.05) is 18.7 Å². The molecule has 0 bridgehead atoms. The minimum Gasteiger partial charge on any atom is -0.459 e. The molecule has 1 aliphatic heterocycles. The van der Waals surface area contributed by atoms with Gasteiger partial charge in [0.05, 0.1) is 18.8 Å². The van der Waals surface area contributed by atoms with Gasteiger partial charge in [0.15, 0.2) is 5.76 Å². The van der Waals surface area contributed by atoms with Gasteiger partial charge in [0.2, 0.25) is 5.91 Å². The lowest BCUT2D eigenvalue weighted by molar-refractivity contribution is -0.123. The third-order valence-corrected chi connectivity index (χ3v) is 3.85. The fourth-order valence-electron chi connectivity index (χ4n) is 2.52. The number of anilines is 1. The molecular weight excluding hydrogens is 332 g/mol. The van der Waals surface area contributed by atoms with Crippen molar-refractivity contribution in [2.24, 2.45) is 0 Å². The second-order valence-corrected chi connectivity index (χ2v) is 5.84. The Labute approximate surface area is 142 Å². The van der Waals surface area contributed by atoms with Crippen molar-refractivity contribution in [3.63, 3.8) is 0 Å². The minimum absolute atomic E-state index is 0.206. The van der Waals surface area contributed by atoms with Gasteiger partial charge in [-0.2, -0.15) is 0 Å². The van der Waals surface area contributed by atoms with Crippen LogP contribution in [0.3, 0.4) is 0 Å². The molecule has 2 amide bonds. The van der Waals surface area contributed by atoms with Crippen molar-refractivity contribution in [3.05, 3.63) is 54.0 Å². The Balaban J connectivity index is 1.49. The molecule has 1 atom stereocenters. The molecule has 2 aromatic rings. The van der Waals surface area contributed by atoms with E-state index in [1.54, 1.807) is 36.4 Å². The van der Waals surface area contributed by atoms with Gasteiger partial charge in [-0.15, -0.1) is 0 Å². The van der Waals surface area contributed by atoms with Gasteiger partial charge in [-0.1, -0.05) is 12.1 Å². The number of nitrogens with one attached hydrogen (secondary N) is 3. The van der Waals surface area contributed by atoms with Gasteiger partial charge in [0.1, 0.15) is 0 Å². The number of carbonyl (C=O) groups is 2. The Morgan fingerprint density at radius 3 is 2.60 bits per heavy atom. The van der Waals surface area contributed by atoms with E-state index in [4.69, 9.17) is 4.42 Å². The SMILES string of the molecule is O=C(Nc1ccc(CNC(=O)C2CC(F)(F)CN2)cc1)c1ccco1. The molecule has 0 spiro atoms. The van der Waals surface area contributed by atoms with E-state index < -0.39 is 30.8 Å². The highest BCUT2D eigenvalue weighted by atomic mass is 19.3. The van der Waals surface area contributed by atoms with Crippen molar-refractivity contribution >= 4 is 17.5 Å². The first-order valence-corrected chi connectivity index (χ1v) is 7.76. The fraction of sp³-hybridized carbons (Fsp3) is 0.294. The number of carbonyl (C=O) groups excluding carboxylic acids is 2. The molecule has 1 aromatic carbocycles. The molecule has 8 heteroatoms. The van der Waals surface area contributed by atoms with Crippen molar-refractivity contribution in [2.75, 3.05) is 11.9 Å². The molecule has 0 aliphatic carbocycles. The van der Waals surface area contributed by atoms with Crippen molar-refractivity contribution in [3.8, 4) is 0 Å². The zero-order valence-corrected chi connectivity index (χ0v) is 13.2. The Kier molecular flexibility index (Phi) is 4.80. The Morgan fingerprint density at radius 2 is 2.00 bits per heavy atom. The topological polar surface area (TPSA) is 83.4 Å². The average Bonchev–Trinajstić information content (AvgIpc) is 3.23. The van der Waals surface area contributed by atoms with Crippen LogP contribution < -0.4 is 16.0 Å². The van der Waals surface area contributed by atoms with E-state index in [9.17, 15) is 18.4 Å². The normalized spacial score (nSPS) is 18.7. The standard InChI is InChI=1S/C17H17F2N3O3/c18-17(19)8-13(21-10-17)15(23)20-9-11-3-5-12(6-4-11)22-16(24)14-2-1-7-25-14/h1-7,13,21H,8-10H2,(H,20,23)(H,22,24). The number of benzene rings is 1. The summed E-state index contributed by atoms with van der Waals surface area (Å²) in [7, 11) is 0. The van der Waals surface area contributed by atoms with Crippen LogP contribution in [0.5, 0.6) is 0 Å². The summed E-state index contributed by atoms with van der Waals surface area (Å²) in [6, 6.07) is 9.13. The van der Waals surface area contributed by atoms with Crippen LogP contribution in [0.15, 0.2) is 47.1 Å². The Bertz CT molecular complexity index is 745. The zero-order valence-electron chi connectivity index (χ0n) is 13.2. The van der Waals surface area contributed by atoms with E-state index >= 15 is 0 Å². The van der Waals surface area contributed by atoms with Crippen LogP contribution in [0.1, 0.15) is 22.5 Å². The van der Waals surface area contributed by atoms with Crippen LogP contribution in [0.25, 0.3) is 0 Å². The summed E-state index contributed by atoms with van der Waals surface area (Å²) in [4.78, 5) is 23.7. The molecule has 1 saturated heterocycles. The van der Waals surface area contributed by atoms with E-state index in [1.807, 2.05) is 0 Å². The second kappa shape index (κ2) is 7.02. The Hall–Kier alpha value is -2.74. The third kappa shape index (κ3) is 4.42. The van der Waals surface area contributed by atoms with Crippen LogP contribution in [0.2, 0.25) is 0 Å². The van der Waals surface area contributed by atoms with Gasteiger partial charge < -0.3 is 15.1 Å². The molecule has 0 saturated carbocycles. The molecule has 0 radical (unpaired) electrons. The molecule has 25 heavy (non-hydrogen) atoms. The number of rotatable bonds is 5.